The Kier molecular flexibility index (Phi) is 6.32. The van der Waals surface area contributed by atoms with Crippen LogP contribution >= 0.6 is 34.8 Å². The predicted octanol–water partition coefficient (Wildman–Crippen LogP) is 5.42. The molecule has 1 atom stereocenters. The van der Waals surface area contributed by atoms with Crippen LogP contribution < -0.4 is 0 Å². The lowest BCUT2D eigenvalue weighted by Crippen LogP contribution is -2.07. The third kappa shape index (κ3) is 4.50. The molecular weight excluding hydrogens is 279 g/mol. The zero-order chi connectivity index (χ0) is 12.8. The van der Waals surface area contributed by atoms with Crippen LogP contribution in [0.3, 0.4) is 0 Å². The monoisotopic (exact) mass is 292 g/mol. The lowest BCUT2D eigenvalue weighted by Gasteiger charge is -2.14. The lowest BCUT2D eigenvalue weighted by molar-refractivity contribution is -0.113. The Morgan fingerprint density at radius 2 is 2.00 bits per heavy atom. The average Bonchev–Trinajstić information content (AvgIpc) is 2.25. The SMILES string of the molecule is CCCCCC(C(=O)Cl)c1ccc(Cl)cc1Cl. The summed E-state index contributed by atoms with van der Waals surface area (Å²) in [6, 6.07) is 5.15. The molecule has 1 aromatic carbocycles. The smallest absolute Gasteiger partial charge is 0.229 e. The maximum atomic E-state index is 11.4. The molecule has 0 aliphatic rings. The van der Waals surface area contributed by atoms with Crippen LogP contribution in [-0.2, 0) is 4.79 Å². The van der Waals surface area contributed by atoms with Gasteiger partial charge in [0.15, 0.2) is 0 Å². The quantitative estimate of drug-likeness (QED) is 0.505. The number of carbonyl (C=O) groups excluding carboxylic acids is 1. The van der Waals surface area contributed by atoms with Crippen LogP contribution in [-0.4, -0.2) is 5.24 Å². The van der Waals surface area contributed by atoms with E-state index in [1.54, 1.807) is 18.2 Å². The molecule has 1 aromatic rings. The second-order valence-corrected chi connectivity index (χ2v) is 5.23. The molecule has 0 spiro atoms. The molecule has 0 aliphatic carbocycles. The van der Waals surface area contributed by atoms with E-state index in [0.29, 0.717) is 10.0 Å². The summed E-state index contributed by atoms with van der Waals surface area (Å²) >= 11 is 17.5. The number of hydrogen-bond donors (Lipinski definition) is 0. The molecule has 0 aromatic heterocycles. The molecule has 0 aliphatic heterocycles. The summed E-state index contributed by atoms with van der Waals surface area (Å²) in [5.74, 6) is -0.326. The molecule has 0 amide bonds. The van der Waals surface area contributed by atoms with Gasteiger partial charge in [-0.1, -0.05) is 55.5 Å². The van der Waals surface area contributed by atoms with Gasteiger partial charge in [-0.15, -0.1) is 0 Å². The highest BCUT2D eigenvalue weighted by molar-refractivity contribution is 6.64. The second kappa shape index (κ2) is 7.25. The number of rotatable bonds is 6. The van der Waals surface area contributed by atoms with Gasteiger partial charge in [0.25, 0.3) is 0 Å². The summed E-state index contributed by atoms with van der Waals surface area (Å²) in [5.41, 5.74) is 0.771. The van der Waals surface area contributed by atoms with Crippen LogP contribution in [0.2, 0.25) is 10.0 Å². The van der Waals surface area contributed by atoms with E-state index in [9.17, 15) is 4.79 Å². The van der Waals surface area contributed by atoms with E-state index in [-0.39, 0.29) is 11.2 Å². The molecule has 4 heteroatoms. The van der Waals surface area contributed by atoms with Crippen molar-refractivity contribution in [2.75, 3.05) is 0 Å². The number of halogens is 3. The van der Waals surface area contributed by atoms with E-state index in [1.165, 1.54) is 0 Å². The second-order valence-electron chi connectivity index (χ2n) is 4.02. The van der Waals surface area contributed by atoms with Crippen molar-refractivity contribution in [1.82, 2.24) is 0 Å². The van der Waals surface area contributed by atoms with Crippen molar-refractivity contribution in [1.29, 1.82) is 0 Å². The van der Waals surface area contributed by atoms with Gasteiger partial charge in [0, 0.05) is 10.0 Å². The maximum Gasteiger partial charge on any atom is 0.229 e. The first kappa shape index (κ1) is 14.8. The predicted molar refractivity (Wildman–Crippen MR) is 74.2 cm³/mol. The van der Waals surface area contributed by atoms with Crippen LogP contribution in [0.15, 0.2) is 18.2 Å². The minimum absolute atomic E-state index is 0.326. The zero-order valence-electron chi connectivity index (χ0n) is 9.68. The third-order valence-electron chi connectivity index (χ3n) is 2.71. The molecule has 0 heterocycles. The topological polar surface area (TPSA) is 17.1 Å². The summed E-state index contributed by atoms with van der Waals surface area (Å²) in [5, 5.41) is 0.714. The van der Waals surface area contributed by atoms with Crippen LogP contribution in [0.4, 0.5) is 0 Å². The highest BCUT2D eigenvalue weighted by Crippen LogP contribution is 2.32. The average molecular weight is 294 g/mol. The maximum absolute atomic E-state index is 11.4. The van der Waals surface area contributed by atoms with Crippen molar-refractivity contribution in [2.45, 2.75) is 38.5 Å². The number of unbranched alkanes of at least 4 members (excludes halogenated alkanes) is 2. The van der Waals surface area contributed by atoms with Gasteiger partial charge in [-0.25, -0.2) is 0 Å². The molecule has 0 radical (unpaired) electrons. The standard InChI is InChI=1S/C13H15Cl3O/c1-2-3-4-5-11(13(16)17)10-7-6-9(14)8-12(10)15/h6-8,11H,2-5H2,1H3. The van der Waals surface area contributed by atoms with E-state index in [4.69, 9.17) is 34.8 Å². The number of benzene rings is 1. The molecule has 0 saturated heterocycles. The van der Waals surface area contributed by atoms with Crippen molar-refractivity contribution < 1.29 is 4.79 Å². The minimum Gasteiger partial charge on any atom is -0.281 e. The van der Waals surface area contributed by atoms with Gasteiger partial charge in [0.1, 0.15) is 0 Å². The molecular formula is C13H15Cl3O. The minimum atomic E-state index is -0.356. The summed E-state index contributed by atoms with van der Waals surface area (Å²) < 4.78 is 0. The summed E-state index contributed by atoms with van der Waals surface area (Å²) in [6.45, 7) is 2.12. The summed E-state index contributed by atoms with van der Waals surface area (Å²) in [6.07, 6.45) is 3.90. The van der Waals surface area contributed by atoms with Crippen LogP contribution in [0, 0.1) is 0 Å². The molecule has 94 valence electrons. The fraction of sp³-hybridized carbons (Fsp3) is 0.462. The van der Waals surface area contributed by atoms with E-state index in [2.05, 4.69) is 6.92 Å². The van der Waals surface area contributed by atoms with Gasteiger partial charge in [-0.3, -0.25) is 4.79 Å². The van der Waals surface area contributed by atoms with Crippen LogP contribution in [0.1, 0.15) is 44.1 Å². The molecule has 0 fully saturated rings. The van der Waals surface area contributed by atoms with E-state index in [1.807, 2.05) is 0 Å². The first-order valence-corrected chi connectivity index (χ1v) is 6.84. The van der Waals surface area contributed by atoms with Gasteiger partial charge >= 0.3 is 0 Å². The van der Waals surface area contributed by atoms with Gasteiger partial charge in [-0.2, -0.15) is 0 Å². The summed E-state index contributed by atoms with van der Waals surface area (Å²) in [4.78, 5) is 11.4. The van der Waals surface area contributed by atoms with Crippen molar-refractivity contribution in [2.24, 2.45) is 0 Å². The molecule has 17 heavy (non-hydrogen) atoms. The molecule has 0 bridgehead atoms. The van der Waals surface area contributed by atoms with E-state index >= 15 is 0 Å². The largest absolute Gasteiger partial charge is 0.281 e. The van der Waals surface area contributed by atoms with E-state index in [0.717, 1.165) is 31.2 Å². The highest BCUT2D eigenvalue weighted by Gasteiger charge is 2.20. The first-order valence-electron chi connectivity index (χ1n) is 5.70. The Bertz CT molecular complexity index is 390. The van der Waals surface area contributed by atoms with Gasteiger partial charge < -0.3 is 0 Å². The normalized spacial score (nSPS) is 12.5. The molecule has 1 rings (SSSR count). The Hall–Kier alpha value is -0.240. The van der Waals surface area contributed by atoms with Gasteiger partial charge in [0.2, 0.25) is 5.24 Å². The van der Waals surface area contributed by atoms with Crippen molar-refractivity contribution >= 4 is 40.0 Å². The fourth-order valence-corrected chi connectivity index (χ4v) is 2.54. The van der Waals surface area contributed by atoms with E-state index < -0.39 is 0 Å². The third-order valence-corrected chi connectivity index (χ3v) is 3.53. The first-order chi connectivity index (χ1) is 8.06. The Morgan fingerprint density at radius 1 is 1.29 bits per heavy atom. The van der Waals surface area contributed by atoms with Gasteiger partial charge in [-0.05, 0) is 35.7 Å². The summed E-state index contributed by atoms with van der Waals surface area (Å²) in [7, 11) is 0. The van der Waals surface area contributed by atoms with Crippen molar-refractivity contribution in [3.05, 3.63) is 33.8 Å². The zero-order valence-corrected chi connectivity index (χ0v) is 11.9. The van der Waals surface area contributed by atoms with Crippen molar-refractivity contribution in [3.63, 3.8) is 0 Å². The molecule has 0 N–H and O–H groups in total. The Balaban J connectivity index is 2.86. The van der Waals surface area contributed by atoms with Crippen molar-refractivity contribution in [3.8, 4) is 0 Å². The molecule has 1 unspecified atom stereocenters. The molecule has 0 saturated carbocycles. The fourth-order valence-electron chi connectivity index (χ4n) is 1.77. The highest BCUT2D eigenvalue weighted by atomic mass is 35.5. The van der Waals surface area contributed by atoms with Crippen LogP contribution in [0.5, 0.6) is 0 Å². The lowest BCUT2D eigenvalue weighted by atomic mass is 9.94. The Labute approximate surface area is 117 Å². The van der Waals surface area contributed by atoms with Gasteiger partial charge in [0.05, 0.1) is 5.92 Å². The Morgan fingerprint density at radius 3 is 2.53 bits per heavy atom. The number of carbonyl (C=O) groups is 1. The van der Waals surface area contributed by atoms with Crippen LogP contribution in [0.25, 0.3) is 0 Å². The molecule has 1 nitrogen and oxygen atoms in total. The number of hydrogen-bond acceptors (Lipinski definition) is 1.